The van der Waals surface area contributed by atoms with Crippen molar-refractivity contribution in [3.63, 3.8) is 0 Å². The SMILES string of the molecule is CCCC(=O)c1ccc(N2CCOCC2)cc1N(C)C. The second-order valence-electron chi connectivity index (χ2n) is 5.37. The number of nitrogens with zero attached hydrogens (tertiary/aromatic N) is 2. The number of hydrogen-bond acceptors (Lipinski definition) is 4. The van der Waals surface area contributed by atoms with Crippen LogP contribution < -0.4 is 9.80 Å². The van der Waals surface area contributed by atoms with Crippen molar-refractivity contribution in [2.75, 3.05) is 50.2 Å². The predicted molar refractivity (Wildman–Crippen MR) is 83.0 cm³/mol. The van der Waals surface area contributed by atoms with Gasteiger partial charge in [-0.2, -0.15) is 0 Å². The molecule has 0 amide bonds. The van der Waals surface area contributed by atoms with Gasteiger partial charge in [0.2, 0.25) is 0 Å². The third-order valence-electron chi connectivity index (χ3n) is 3.62. The Hall–Kier alpha value is -1.55. The van der Waals surface area contributed by atoms with E-state index in [1.165, 1.54) is 5.69 Å². The molecule has 0 bridgehead atoms. The Morgan fingerprint density at radius 3 is 2.60 bits per heavy atom. The van der Waals surface area contributed by atoms with Crippen LogP contribution in [-0.2, 0) is 4.74 Å². The van der Waals surface area contributed by atoms with Gasteiger partial charge < -0.3 is 14.5 Å². The summed E-state index contributed by atoms with van der Waals surface area (Å²) >= 11 is 0. The van der Waals surface area contributed by atoms with Crippen molar-refractivity contribution in [2.24, 2.45) is 0 Å². The molecular weight excluding hydrogens is 252 g/mol. The number of benzene rings is 1. The maximum absolute atomic E-state index is 12.2. The van der Waals surface area contributed by atoms with Crippen LogP contribution in [-0.4, -0.2) is 46.2 Å². The molecule has 0 spiro atoms. The Balaban J connectivity index is 2.29. The van der Waals surface area contributed by atoms with Crippen LogP contribution in [0.25, 0.3) is 0 Å². The average Bonchev–Trinajstić information content (AvgIpc) is 2.47. The lowest BCUT2D eigenvalue weighted by molar-refractivity contribution is 0.0982. The molecule has 1 aliphatic rings. The van der Waals surface area contributed by atoms with E-state index in [1.54, 1.807) is 0 Å². The van der Waals surface area contributed by atoms with Gasteiger partial charge >= 0.3 is 0 Å². The average molecular weight is 276 g/mol. The molecule has 1 heterocycles. The molecule has 1 aromatic carbocycles. The molecule has 4 nitrogen and oxygen atoms in total. The Morgan fingerprint density at radius 2 is 2.00 bits per heavy atom. The third kappa shape index (κ3) is 3.31. The van der Waals surface area contributed by atoms with Crippen molar-refractivity contribution in [1.82, 2.24) is 0 Å². The molecule has 1 fully saturated rings. The van der Waals surface area contributed by atoms with E-state index in [9.17, 15) is 4.79 Å². The topological polar surface area (TPSA) is 32.8 Å². The van der Waals surface area contributed by atoms with E-state index in [0.717, 1.165) is 44.0 Å². The lowest BCUT2D eigenvalue weighted by atomic mass is 10.0. The number of Topliss-reactive ketones (excluding diaryl/α,β-unsaturated/α-hetero) is 1. The smallest absolute Gasteiger partial charge is 0.164 e. The predicted octanol–water partition coefficient (Wildman–Crippen LogP) is 2.57. The zero-order chi connectivity index (χ0) is 14.5. The van der Waals surface area contributed by atoms with Gasteiger partial charge in [-0.05, 0) is 24.6 Å². The van der Waals surface area contributed by atoms with Crippen LogP contribution in [0.15, 0.2) is 18.2 Å². The normalized spacial score (nSPS) is 15.2. The zero-order valence-corrected chi connectivity index (χ0v) is 12.7. The van der Waals surface area contributed by atoms with E-state index in [-0.39, 0.29) is 5.78 Å². The highest BCUT2D eigenvalue weighted by molar-refractivity contribution is 6.02. The molecule has 1 aliphatic heterocycles. The van der Waals surface area contributed by atoms with Crippen LogP contribution in [0.1, 0.15) is 30.1 Å². The molecule has 0 aromatic heterocycles. The zero-order valence-electron chi connectivity index (χ0n) is 12.7. The summed E-state index contributed by atoms with van der Waals surface area (Å²) < 4.78 is 5.39. The second kappa shape index (κ2) is 6.75. The molecule has 0 N–H and O–H groups in total. The number of ether oxygens (including phenoxy) is 1. The van der Waals surface area contributed by atoms with Gasteiger partial charge in [-0.1, -0.05) is 6.92 Å². The van der Waals surface area contributed by atoms with Gasteiger partial charge in [0.25, 0.3) is 0 Å². The number of hydrogen-bond donors (Lipinski definition) is 0. The molecule has 0 aliphatic carbocycles. The van der Waals surface area contributed by atoms with Gasteiger partial charge in [0.1, 0.15) is 0 Å². The number of ketones is 1. The maximum Gasteiger partial charge on any atom is 0.164 e. The quantitative estimate of drug-likeness (QED) is 0.774. The van der Waals surface area contributed by atoms with Gasteiger partial charge in [-0.15, -0.1) is 0 Å². The standard InChI is InChI=1S/C16H24N2O2/c1-4-5-16(19)14-7-6-13(12-15(14)17(2)3)18-8-10-20-11-9-18/h6-7,12H,4-5,8-11H2,1-3H3. The van der Waals surface area contributed by atoms with E-state index >= 15 is 0 Å². The highest BCUT2D eigenvalue weighted by Crippen LogP contribution is 2.27. The van der Waals surface area contributed by atoms with Crippen molar-refractivity contribution >= 4 is 17.2 Å². The summed E-state index contributed by atoms with van der Waals surface area (Å²) in [6.45, 7) is 5.40. The minimum atomic E-state index is 0.227. The number of rotatable bonds is 5. The monoisotopic (exact) mass is 276 g/mol. The van der Waals surface area contributed by atoms with Crippen LogP contribution in [0.4, 0.5) is 11.4 Å². The van der Waals surface area contributed by atoms with Crippen molar-refractivity contribution in [3.8, 4) is 0 Å². The first kappa shape index (κ1) is 14.9. The molecule has 4 heteroatoms. The van der Waals surface area contributed by atoms with Crippen molar-refractivity contribution in [3.05, 3.63) is 23.8 Å². The molecule has 0 saturated carbocycles. The number of morpholine rings is 1. The summed E-state index contributed by atoms with van der Waals surface area (Å²) in [7, 11) is 3.97. The molecule has 20 heavy (non-hydrogen) atoms. The van der Waals surface area contributed by atoms with E-state index in [1.807, 2.05) is 32.0 Å². The second-order valence-corrected chi connectivity index (χ2v) is 5.37. The molecule has 1 saturated heterocycles. The molecule has 0 unspecified atom stereocenters. The molecule has 1 aromatic rings. The van der Waals surface area contributed by atoms with Crippen LogP contribution in [0.2, 0.25) is 0 Å². The fourth-order valence-electron chi connectivity index (χ4n) is 2.51. The Labute approximate surface area is 121 Å². The fraction of sp³-hybridized carbons (Fsp3) is 0.562. The van der Waals surface area contributed by atoms with Crippen LogP contribution >= 0.6 is 0 Å². The number of carbonyl (C=O) groups is 1. The van der Waals surface area contributed by atoms with Gasteiger partial charge in [-0.3, -0.25) is 4.79 Å². The molecule has 2 rings (SSSR count). The van der Waals surface area contributed by atoms with Gasteiger partial charge in [0.15, 0.2) is 5.78 Å². The molecule has 0 radical (unpaired) electrons. The Kier molecular flexibility index (Phi) is 5.01. The molecule has 110 valence electrons. The maximum atomic E-state index is 12.2. The molecule has 0 atom stereocenters. The van der Waals surface area contributed by atoms with Crippen molar-refractivity contribution in [2.45, 2.75) is 19.8 Å². The lowest BCUT2D eigenvalue weighted by Crippen LogP contribution is -2.36. The first-order valence-electron chi connectivity index (χ1n) is 7.30. The third-order valence-corrected chi connectivity index (χ3v) is 3.62. The first-order valence-corrected chi connectivity index (χ1v) is 7.30. The number of anilines is 2. The van der Waals surface area contributed by atoms with E-state index in [2.05, 4.69) is 17.0 Å². The van der Waals surface area contributed by atoms with Crippen molar-refractivity contribution < 1.29 is 9.53 Å². The van der Waals surface area contributed by atoms with Gasteiger partial charge in [-0.25, -0.2) is 0 Å². The first-order chi connectivity index (χ1) is 9.63. The minimum Gasteiger partial charge on any atom is -0.378 e. The minimum absolute atomic E-state index is 0.227. The van der Waals surface area contributed by atoms with Gasteiger partial charge in [0.05, 0.1) is 13.2 Å². The van der Waals surface area contributed by atoms with Gasteiger partial charge in [0, 0.05) is 50.5 Å². The summed E-state index contributed by atoms with van der Waals surface area (Å²) in [5.74, 6) is 0.227. The summed E-state index contributed by atoms with van der Waals surface area (Å²) in [6, 6.07) is 6.15. The Bertz CT molecular complexity index is 466. The number of carbonyl (C=O) groups excluding carboxylic acids is 1. The van der Waals surface area contributed by atoms with E-state index in [0.29, 0.717) is 6.42 Å². The van der Waals surface area contributed by atoms with Crippen LogP contribution in [0.3, 0.4) is 0 Å². The summed E-state index contributed by atoms with van der Waals surface area (Å²) in [5, 5.41) is 0. The summed E-state index contributed by atoms with van der Waals surface area (Å²) in [4.78, 5) is 16.5. The largest absolute Gasteiger partial charge is 0.378 e. The van der Waals surface area contributed by atoms with E-state index < -0.39 is 0 Å². The summed E-state index contributed by atoms with van der Waals surface area (Å²) in [5.41, 5.74) is 3.01. The summed E-state index contributed by atoms with van der Waals surface area (Å²) in [6.07, 6.45) is 1.49. The molecular formula is C16H24N2O2. The van der Waals surface area contributed by atoms with Crippen LogP contribution in [0.5, 0.6) is 0 Å². The highest BCUT2D eigenvalue weighted by Gasteiger charge is 2.16. The fourth-order valence-corrected chi connectivity index (χ4v) is 2.51. The van der Waals surface area contributed by atoms with Crippen LogP contribution in [0, 0.1) is 0 Å². The van der Waals surface area contributed by atoms with E-state index in [4.69, 9.17) is 4.74 Å². The lowest BCUT2D eigenvalue weighted by Gasteiger charge is -2.30. The Morgan fingerprint density at radius 1 is 1.30 bits per heavy atom. The highest BCUT2D eigenvalue weighted by atomic mass is 16.5. The van der Waals surface area contributed by atoms with Crippen molar-refractivity contribution in [1.29, 1.82) is 0 Å².